The summed E-state index contributed by atoms with van der Waals surface area (Å²) in [5.74, 6) is -0.514. The number of hydrogen-bond donors (Lipinski definition) is 3. The fourth-order valence-electron chi connectivity index (χ4n) is 2.86. The number of carbonyl (C=O) groups is 2. The SMILES string of the molecule is CC1=C(C(=O)Nc2ccc([N+](=O)[O-])cc2)[C@H](c2c(Cl)cccc2Cl)NC(=O)N1. The van der Waals surface area contributed by atoms with Gasteiger partial charge >= 0.3 is 6.03 Å². The van der Waals surface area contributed by atoms with Crippen LogP contribution in [-0.2, 0) is 4.79 Å². The lowest BCUT2D eigenvalue weighted by molar-refractivity contribution is -0.384. The molecule has 28 heavy (non-hydrogen) atoms. The fraction of sp³-hybridized carbons (Fsp3) is 0.111. The quantitative estimate of drug-likeness (QED) is 0.508. The number of anilines is 1. The van der Waals surface area contributed by atoms with Gasteiger partial charge in [-0.15, -0.1) is 0 Å². The molecule has 3 amide bonds. The van der Waals surface area contributed by atoms with Gasteiger partial charge in [0, 0.05) is 39.1 Å². The molecule has 3 N–H and O–H groups in total. The predicted octanol–water partition coefficient (Wildman–Crippen LogP) is 4.17. The maximum absolute atomic E-state index is 12.9. The van der Waals surface area contributed by atoms with E-state index in [0.717, 1.165) is 0 Å². The van der Waals surface area contributed by atoms with Crippen molar-refractivity contribution in [3.05, 3.63) is 79.5 Å². The zero-order chi connectivity index (χ0) is 20.4. The molecular weight excluding hydrogens is 407 g/mol. The molecule has 0 aromatic heterocycles. The summed E-state index contributed by atoms with van der Waals surface area (Å²) in [6.07, 6.45) is 0. The van der Waals surface area contributed by atoms with Crippen molar-refractivity contribution in [1.29, 1.82) is 0 Å². The Morgan fingerprint density at radius 3 is 2.32 bits per heavy atom. The second kappa shape index (κ2) is 7.87. The molecule has 3 rings (SSSR count). The summed E-state index contributed by atoms with van der Waals surface area (Å²) in [6.45, 7) is 1.58. The van der Waals surface area contributed by atoms with Crippen LogP contribution in [0.25, 0.3) is 0 Å². The molecule has 0 spiro atoms. The lowest BCUT2D eigenvalue weighted by atomic mass is 9.94. The molecule has 0 aliphatic carbocycles. The number of halogens is 2. The van der Waals surface area contributed by atoms with Crippen LogP contribution < -0.4 is 16.0 Å². The molecular formula is C18H14Cl2N4O4. The van der Waals surface area contributed by atoms with Crippen molar-refractivity contribution < 1.29 is 14.5 Å². The molecule has 0 fully saturated rings. The van der Waals surface area contributed by atoms with E-state index in [0.29, 0.717) is 27.0 Å². The highest BCUT2D eigenvalue weighted by Crippen LogP contribution is 2.36. The topological polar surface area (TPSA) is 113 Å². The van der Waals surface area contributed by atoms with Crippen molar-refractivity contribution in [2.75, 3.05) is 5.32 Å². The van der Waals surface area contributed by atoms with Gasteiger partial charge in [0.25, 0.3) is 11.6 Å². The van der Waals surface area contributed by atoms with Crippen molar-refractivity contribution >= 4 is 46.5 Å². The number of nitrogens with zero attached hydrogens (tertiary/aromatic N) is 1. The number of nitrogens with one attached hydrogen (secondary N) is 3. The Morgan fingerprint density at radius 1 is 1.14 bits per heavy atom. The Bertz CT molecular complexity index is 985. The molecule has 0 saturated carbocycles. The van der Waals surface area contributed by atoms with Crippen molar-refractivity contribution in [1.82, 2.24) is 10.6 Å². The summed E-state index contributed by atoms with van der Waals surface area (Å²) in [5.41, 5.74) is 1.21. The molecule has 1 aliphatic rings. The van der Waals surface area contributed by atoms with Crippen molar-refractivity contribution in [2.45, 2.75) is 13.0 Å². The lowest BCUT2D eigenvalue weighted by Gasteiger charge is -2.29. The minimum atomic E-state index is -0.868. The standard InChI is InChI=1S/C18H14Cl2N4O4/c1-9-14(17(25)22-10-5-7-11(8-6-10)24(27)28)16(23-18(26)21-9)15-12(19)3-2-4-13(15)20/h2-8,16H,1H3,(H,22,25)(H2,21,23,26)/t16-/m1/s1. The number of non-ortho nitro benzene ring substituents is 1. The molecule has 0 radical (unpaired) electrons. The highest BCUT2D eigenvalue weighted by Gasteiger charge is 2.33. The third kappa shape index (κ3) is 3.92. The van der Waals surface area contributed by atoms with Crippen LogP contribution in [0.1, 0.15) is 18.5 Å². The van der Waals surface area contributed by atoms with Crippen LogP contribution in [0.2, 0.25) is 10.0 Å². The number of nitro benzene ring substituents is 1. The zero-order valence-corrected chi connectivity index (χ0v) is 16.0. The number of rotatable bonds is 4. The second-order valence-electron chi connectivity index (χ2n) is 5.96. The maximum Gasteiger partial charge on any atom is 0.319 e. The van der Waals surface area contributed by atoms with Gasteiger partial charge in [-0.05, 0) is 31.2 Å². The number of benzene rings is 2. The Balaban J connectivity index is 1.96. The molecule has 10 heteroatoms. The number of carbonyl (C=O) groups excluding carboxylic acids is 2. The number of nitro groups is 1. The average molecular weight is 421 g/mol. The molecule has 8 nitrogen and oxygen atoms in total. The van der Waals surface area contributed by atoms with Gasteiger partial charge in [-0.1, -0.05) is 29.3 Å². The van der Waals surface area contributed by atoms with Gasteiger partial charge in [0.05, 0.1) is 16.5 Å². The van der Waals surface area contributed by atoms with E-state index in [1.807, 2.05) is 0 Å². The normalized spacial score (nSPS) is 16.2. The van der Waals surface area contributed by atoms with Crippen LogP contribution in [0, 0.1) is 10.1 Å². The molecule has 2 aromatic rings. The van der Waals surface area contributed by atoms with Crippen molar-refractivity contribution in [3.8, 4) is 0 Å². The summed E-state index contributed by atoms with van der Waals surface area (Å²) < 4.78 is 0. The van der Waals surface area contributed by atoms with Gasteiger partial charge < -0.3 is 16.0 Å². The number of amides is 3. The molecule has 0 unspecified atom stereocenters. The summed E-state index contributed by atoms with van der Waals surface area (Å²) in [4.78, 5) is 35.1. The van der Waals surface area contributed by atoms with Crippen LogP contribution in [0.5, 0.6) is 0 Å². The third-order valence-corrected chi connectivity index (χ3v) is 4.80. The van der Waals surface area contributed by atoms with E-state index in [4.69, 9.17) is 23.2 Å². The van der Waals surface area contributed by atoms with Crippen molar-refractivity contribution in [2.24, 2.45) is 0 Å². The Hall–Kier alpha value is -3.10. The first kappa shape index (κ1) is 19.7. The molecule has 1 aliphatic heterocycles. The van der Waals surface area contributed by atoms with E-state index in [1.54, 1.807) is 25.1 Å². The summed E-state index contributed by atoms with van der Waals surface area (Å²) >= 11 is 12.5. The average Bonchev–Trinajstić information content (AvgIpc) is 2.61. The maximum atomic E-state index is 12.9. The van der Waals surface area contributed by atoms with Gasteiger partial charge in [-0.25, -0.2) is 4.79 Å². The Kier molecular flexibility index (Phi) is 5.53. The first-order valence-electron chi connectivity index (χ1n) is 8.06. The van der Waals surface area contributed by atoms with E-state index < -0.39 is 22.9 Å². The van der Waals surface area contributed by atoms with E-state index in [-0.39, 0.29) is 11.3 Å². The molecule has 0 bridgehead atoms. The highest BCUT2D eigenvalue weighted by molar-refractivity contribution is 6.36. The first-order chi connectivity index (χ1) is 13.3. The van der Waals surface area contributed by atoms with E-state index in [2.05, 4.69) is 16.0 Å². The summed E-state index contributed by atoms with van der Waals surface area (Å²) in [5, 5.41) is 19.2. The molecule has 1 atom stereocenters. The monoisotopic (exact) mass is 420 g/mol. The zero-order valence-electron chi connectivity index (χ0n) is 14.5. The fourth-order valence-corrected chi connectivity index (χ4v) is 3.48. The van der Waals surface area contributed by atoms with Crippen LogP contribution in [0.15, 0.2) is 53.7 Å². The van der Waals surface area contributed by atoms with Gasteiger partial charge in [0.1, 0.15) is 0 Å². The van der Waals surface area contributed by atoms with E-state index >= 15 is 0 Å². The van der Waals surface area contributed by atoms with Gasteiger partial charge in [0.15, 0.2) is 0 Å². The minimum Gasteiger partial charge on any atom is -0.327 e. The molecule has 1 heterocycles. The Labute approximate surface area is 169 Å². The van der Waals surface area contributed by atoms with E-state index in [9.17, 15) is 19.7 Å². The number of hydrogen-bond acceptors (Lipinski definition) is 4. The van der Waals surface area contributed by atoms with Crippen molar-refractivity contribution in [3.63, 3.8) is 0 Å². The molecule has 144 valence electrons. The molecule has 2 aromatic carbocycles. The number of urea groups is 1. The minimum absolute atomic E-state index is 0.0966. The van der Waals surface area contributed by atoms with Gasteiger partial charge in [-0.3, -0.25) is 14.9 Å². The predicted molar refractivity (Wildman–Crippen MR) is 105 cm³/mol. The lowest BCUT2D eigenvalue weighted by Crippen LogP contribution is -2.46. The van der Waals surface area contributed by atoms with Crippen LogP contribution in [0.3, 0.4) is 0 Å². The van der Waals surface area contributed by atoms with Crippen LogP contribution >= 0.6 is 23.2 Å². The van der Waals surface area contributed by atoms with Gasteiger partial charge in [-0.2, -0.15) is 0 Å². The first-order valence-corrected chi connectivity index (χ1v) is 8.81. The Morgan fingerprint density at radius 2 is 1.75 bits per heavy atom. The number of allylic oxidation sites excluding steroid dienone is 1. The van der Waals surface area contributed by atoms with Crippen LogP contribution in [0.4, 0.5) is 16.2 Å². The van der Waals surface area contributed by atoms with Gasteiger partial charge in [0.2, 0.25) is 0 Å². The largest absolute Gasteiger partial charge is 0.327 e. The van der Waals surface area contributed by atoms with E-state index in [1.165, 1.54) is 24.3 Å². The highest BCUT2D eigenvalue weighted by atomic mass is 35.5. The summed E-state index contributed by atoms with van der Waals surface area (Å²) in [7, 11) is 0. The smallest absolute Gasteiger partial charge is 0.319 e. The third-order valence-electron chi connectivity index (χ3n) is 4.14. The second-order valence-corrected chi connectivity index (χ2v) is 6.78. The molecule has 0 saturated heterocycles. The summed E-state index contributed by atoms with van der Waals surface area (Å²) in [6, 6.07) is 8.90. The van der Waals surface area contributed by atoms with Crippen LogP contribution in [-0.4, -0.2) is 16.9 Å².